The molecule has 2 atom stereocenters. The van der Waals surface area contributed by atoms with Crippen molar-refractivity contribution in [2.45, 2.75) is 12.5 Å². The summed E-state index contributed by atoms with van der Waals surface area (Å²) in [5.41, 5.74) is 2.53. The molecule has 0 radical (unpaired) electrons. The van der Waals surface area contributed by atoms with E-state index in [0.717, 1.165) is 11.3 Å². The van der Waals surface area contributed by atoms with E-state index in [2.05, 4.69) is 0 Å². The summed E-state index contributed by atoms with van der Waals surface area (Å²) in [6.07, 6.45) is -0.375. The van der Waals surface area contributed by atoms with Gasteiger partial charge in [0, 0.05) is 25.3 Å². The lowest BCUT2D eigenvalue weighted by atomic mass is 9.88. The van der Waals surface area contributed by atoms with Crippen LogP contribution in [0.15, 0.2) is 54.6 Å². The van der Waals surface area contributed by atoms with Gasteiger partial charge in [0.05, 0.1) is 12.3 Å². The maximum absolute atomic E-state index is 12.7. The number of hydrogen-bond acceptors (Lipinski definition) is 4. The molecule has 0 amide bonds. The van der Waals surface area contributed by atoms with E-state index in [1.807, 2.05) is 61.5 Å². The fourth-order valence-electron chi connectivity index (χ4n) is 2.87. The van der Waals surface area contributed by atoms with Gasteiger partial charge < -0.3 is 9.64 Å². The van der Waals surface area contributed by atoms with Crippen LogP contribution >= 0.6 is 0 Å². The standard InChI is InChI=1S/C19H19NO3/c1-20(2)15-10-8-14(9-11-15)19-16(12-17(21)23-19)18(22)13-6-4-3-5-7-13/h3-11,16,19H,12H2,1-2H3/t16-,19-/m0/s1. The molecule has 1 aliphatic heterocycles. The summed E-state index contributed by atoms with van der Waals surface area (Å²) in [6.45, 7) is 0. The van der Waals surface area contributed by atoms with Crippen molar-refractivity contribution in [2.24, 2.45) is 5.92 Å². The van der Waals surface area contributed by atoms with E-state index in [-0.39, 0.29) is 18.2 Å². The zero-order valence-corrected chi connectivity index (χ0v) is 13.2. The quantitative estimate of drug-likeness (QED) is 0.642. The molecule has 118 valence electrons. The average Bonchev–Trinajstić information content (AvgIpc) is 2.97. The third kappa shape index (κ3) is 3.11. The van der Waals surface area contributed by atoms with Gasteiger partial charge in [0.15, 0.2) is 5.78 Å². The van der Waals surface area contributed by atoms with Gasteiger partial charge in [-0.15, -0.1) is 0 Å². The lowest BCUT2D eigenvalue weighted by Crippen LogP contribution is -2.18. The van der Waals surface area contributed by atoms with Gasteiger partial charge in [-0.3, -0.25) is 9.59 Å². The number of carbonyl (C=O) groups is 2. The van der Waals surface area contributed by atoms with Gasteiger partial charge in [-0.25, -0.2) is 0 Å². The highest BCUT2D eigenvalue weighted by atomic mass is 16.6. The van der Waals surface area contributed by atoms with E-state index < -0.39 is 12.0 Å². The first-order valence-corrected chi connectivity index (χ1v) is 7.62. The Morgan fingerprint density at radius 2 is 1.70 bits per heavy atom. The van der Waals surface area contributed by atoms with Crippen LogP contribution < -0.4 is 4.90 Å². The number of hydrogen-bond donors (Lipinski definition) is 0. The van der Waals surface area contributed by atoms with Crippen molar-refractivity contribution in [3.8, 4) is 0 Å². The SMILES string of the molecule is CN(C)c1ccc([C@@H]2OC(=O)C[C@H]2C(=O)c2ccccc2)cc1. The van der Waals surface area contributed by atoms with Gasteiger partial charge in [-0.2, -0.15) is 0 Å². The molecule has 23 heavy (non-hydrogen) atoms. The summed E-state index contributed by atoms with van der Waals surface area (Å²) in [6, 6.07) is 16.8. The molecule has 1 aliphatic rings. The number of rotatable bonds is 4. The van der Waals surface area contributed by atoms with Crippen LogP contribution in [0.5, 0.6) is 0 Å². The second kappa shape index (κ2) is 6.24. The number of carbonyl (C=O) groups excluding carboxylic acids is 2. The van der Waals surface area contributed by atoms with Crippen molar-refractivity contribution in [1.82, 2.24) is 0 Å². The molecule has 1 fully saturated rings. The lowest BCUT2D eigenvalue weighted by Gasteiger charge is -2.19. The first-order chi connectivity index (χ1) is 11.1. The summed E-state index contributed by atoms with van der Waals surface area (Å²) in [4.78, 5) is 26.5. The Kier molecular flexibility index (Phi) is 4.15. The van der Waals surface area contributed by atoms with Gasteiger partial charge in [0.2, 0.25) is 0 Å². The van der Waals surface area contributed by atoms with Gasteiger partial charge in [0.1, 0.15) is 6.10 Å². The predicted molar refractivity (Wildman–Crippen MR) is 88.5 cm³/mol. The minimum Gasteiger partial charge on any atom is -0.457 e. The van der Waals surface area contributed by atoms with E-state index in [4.69, 9.17) is 4.74 Å². The highest BCUT2D eigenvalue weighted by molar-refractivity contribution is 6.01. The molecular formula is C19H19NO3. The smallest absolute Gasteiger partial charge is 0.307 e. The van der Waals surface area contributed by atoms with Crippen LogP contribution in [-0.4, -0.2) is 25.8 Å². The zero-order chi connectivity index (χ0) is 16.4. The fraction of sp³-hybridized carbons (Fsp3) is 0.263. The highest BCUT2D eigenvalue weighted by Gasteiger charge is 2.40. The lowest BCUT2D eigenvalue weighted by molar-refractivity contribution is -0.141. The average molecular weight is 309 g/mol. The van der Waals surface area contributed by atoms with Crippen LogP contribution in [0.25, 0.3) is 0 Å². The van der Waals surface area contributed by atoms with Crippen molar-refractivity contribution in [3.63, 3.8) is 0 Å². The molecule has 2 aromatic carbocycles. The maximum atomic E-state index is 12.7. The summed E-state index contributed by atoms with van der Waals surface area (Å²) < 4.78 is 5.43. The Morgan fingerprint density at radius 3 is 2.30 bits per heavy atom. The van der Waals surface area contributed by atoms with Gasteiger partial charge in [-0.1, -0.05) is 42.5 Å². The number of nitrogens with zero attached hydrogens (tertiary/aromatic N) is 1. The number of ether oxygens (including phenoxy) is 1. The Hall–Kier alpha value is -2.62. The van der Waals surface area contributed by atoms with Crippen molar-refractivity contribution in [1.29, 1.82) is 0 Å². The molecule has 0 aliphatic carbocycles. The molecule has 0 N–H and O–H groups in total. The Labute approximate surface area is 135 Å². The van der Waals surface area contributed by atoms with Crippen LogP contribution in [0.2, 0.25) is 0 Å². The summed E-state index contributed by atoms with van der Waals surface area (Å²) in [5.74, 6) is -0.825. The van der Waals surface area contributed by atoms with Crippen LogP contribution in [0.4, 0.5) is 5.69 Å². The molecule has 0 bridgehead atoms. The molecule has 0 spiro atoms. The second-order valence-corrected chi connectivity index (χ2v) is 5.94. The summed E-state index contributed by atoms with van der Waals surface area (Å²) >= 11 is 0. The van der Waals surface area contributed by atoms with Crippen LogP contribution in [-0.2, 0) is 9.53 Å². The van der Waals surface area contributed by atoms with Crippen molar-refractivity contribution in [2.75, 3.05) is 19.0 Å². The number of benzene rings is 2. The minimum atomic E-state index is -0.508. The van der Waals surface area contributed by atoms with Crippen molar-refractivity contribution in [3.05, 3.63) is 65.7 Å². The molecule has 0 aromatic heterocycles. The first-order valence-electron chi connectivity index (χ1n) is 7.62. The van der Waals surface area contributed by atoms with Gasteiger partial charge >= 0.3 is 5.97 Å². The summed E-state index contributed by atoms with van der Waals surface area (Å²) in [5, 5.41) is 0. The Bertz CT molecular complexity index is 707. The molecule has 4 nitrogen and oxygen atoms in total. The third-order valence-electron chi connectivity index (χ3n) is 4.14. The van der Waals surface area contributed by atoms with E-state index in [1.54, 1.807) is 12.1 Å². The third-order valence-corrected chi connectivity index (χ3v) is 4.14. The van der Waals surface area contributed by atoms with Gasteiger partial charge in [-0.05, 0) is 17.7 Å². The normalized spacial score (nSPS) is 20.2. The van der Waals surface area contributed by atoms with Crippen LogP contribution in [0.3, 0.4) is 0 Å². The molecular weight excluding hydrogens is 290 g/mol. The number of Topliss-reactive ketones (excluding diaryl/α,β-unsaturated/α-hetero) is 1. The van der Waals surface area contributed by atoms with E-state index in [9.17, 15) is 9.59 Å². The first kappa shape index (κ1) is 15.3. The predicted octanol–water partition coefficient (Wildman–Crippen LogP) is 3.24. The number of anilines is 1. The van der Waals surface area contributed by atoms with Crippen molar-refractivity contribution < 1.29 is 14.3 Å². The number of esters is 1. The molecule has 3 rings (SSSR count). The minimum absolute atomic E-state index is 0.0434. The zero-order valence-electron chi connectivity index (χ0n) is 13.2. The fourth-order valence-corrected chi connectivity index (χ4v) is 2.87. The summed E-state index contributed by atoms with van der Waals surface area (Å²) in [7, 11) is 3.93. The molecule has 1 heterocycles. The molecule has 2 aromatic rings. The molecule has 4 heteroatoms. The topological polar surface area (TPSA) is 46.6 Å². The molecule has 0 saturated carbocycles. The maximum Gasteiger partial charge on any atom is 0.307 e. The highest BCUT2D eigenvalue weighted by Crippen LogP contribution is 2.37. The van der Waals surface area contributed by atoms with E-state index in [0.29, 0.717) is 5.56 Å². The Balaban J connectivity index is 1.88. The second-order valence-electron chi connectivity index (χ2n) is 5.94. The molecule has 0 unspecified atom stereocenters. The van der Waals surface area contributed by atoms with E-state index >= 15 is 0 Å². The Morgan fingerprint density at radius 1 is 1.04 bits per heavy atom. The largest absolute Gasteiger partial charge is 0.457 e. The van der Waals surface area contributed by atoms with Crippen LogP contribution in [0, 0.1) is 5.92 Å². The van der Waals surface area contributed by atoms with E-state index in [1.165, 1.54) is 0 Å². The molecule has 1 saturated heterocycles. The number of cyclic esters (lactones) is 1. The monoisotopic (exact) mass is 309 g/mol. The van der Waals surface area contributed by atoms with Crippen molar-refractivity contribution >= 4 is 17.4 Å². The van der Waals surface area contributed by atoms with Gasteiger partial charge in [0.25, 0.3) is 0 Å². The number of ketones is 1. The van der Waals surface area contributed by atoms with Crippen LogP contribution in [0.1, 0.15) is 28.4 Å².